The van der Waals surface area contributed by atoms with Crippen LogP contribution in [-0.4, -0.2) is 23.3 Å². The summed E-state index contributed by atoms with van der Waals surface area (Å²) in [4.78, 5) is 10.7. The summed E-state index contributed by atoms with van der Waals surface area (Å²) in [5.41, 5.74) is 0.258. The molecule has 0 radical (unpaired) electrons. The number of hydrogen-bond donors (Lipinski definition) is 1. The molecule has 3 heteroatoms. The lowest BCUT2D eigenvalue weighted by molar-refractivity contribution is -0.136. The summed E-state index contributed by atoms with van der Waals surface area (Å²) in [7, 11) is 0. The van der Waals surface area contributed by atoms with Crippen LogP contribution in [-0.2, 0) is 9.53 Å². The van der Waals surface area contributed by atoms with E-state index in [-0.39, 0.29) is 6.61 Å². The summed E-state index contributed by atoms with van der Waals surface area (Å²) in [5.74, 6) is -0.430. The third kappa shape index (κ3) is 4.28. The van der Waals surface area contributed by atoms with Gasteiger partial charge < -0.3 is 9.84 Å². The van der Waals surface area contributed by atoms with E-state index in [4.69, 9.17) is 4.74 Å². The highest BCUT2D eigenvalue weighted by atomic mass is 16.5. The Kier molecular flexibility index (Phi) is 4.26. The fourth-order valence-electron chi connectivity index (χ4n) is 1.23. The van der Waals surface area contributed by atoms with Gasteiger partial charge in [-0.1, -0.05) is 30.9 Å². The molecule has 1 atom stereocenters. The van der Waals surface area contributed by atoms with Crippen LogP contribution in [0.1, 0.15) is 13.3 Å². The number of esters is 1. The van der Waals surface area contributed by atoms with Crippen molar-refractivity contribution in [2.75, 3.05) is 6.61 Å². The molecule has 0 heterocycles. The first-order chi connectivity index (χ1) is 7.53. The van der Waals surface area contributed by atoms with E-state index in [9.17, 15) is 9.90 Å². The van der Waals surface area contributed by atoms with Crippen molar-refractivity contribution in [2.45, 2.75) is 18.9 Å². The number of rotatable bonds is 4. The lowest BCUT2D eigenvalue weighted by Crippen LogP contribution is -2.21. The Morgan fingerprint density at radius 2 is 2.50 bits per heavy atom. The van der Waals surface area contributed by atoms with E-state index >= 15 is 0 Å². The molecule has 0 saturated carbocycles. The normalized spacial score (nSPS) is 24.2. The molecule has 0 bridgehead atoms. The monoisotopic (exact) mass is 220 g/mol. The Hall–Kier alpha value is -1.61. The molecule has 0 spiro atoms. The predicted molar refractivity (Wildman–Crippen MR) is 62.8 cm³/mol. The van der Waals surface area contributed by atoms with Crippen molar-refractivity contribution in [1.29, 1.82) is 0 Å². The van der Waals surface area contributed by atoms with Crippen LogP contribution < -0.4 is 0 Å². The zero-order valence-electron chi connectivity index (χ0n) is 9.35. The number of hydrogen-bond acceptors (Lipinski definition) is 3. The van der Waals surface area contributed by atoms with Gasteiger partial charge in [0, 0.05) is 6.08 Å². The molecule has 1 aliphatic carbocycles. The van der Waals surface area contributed by atoms with Crippen LogP contribution in [0.25, 0.3) is 0 Å². The molecule has 0 aromatic carbocycles. The van der Waals surface area contributed by atoms with Gasteiger partial charge in [0.2, 0.25) is 0 Å². The van der Waals surface area contributed by atoms with Crippen LogP contribution in [0.3, 0.4) is 0 Å². The van der Waals surface area contributed by atoms with Crippen LogP contribution in [0.2, 0.25) is 0 Å². The van der Waals surface area contributed by atoms with Crippen LogP contribution in [0.15, 0.2) is 48.6 Å². The highest BCUT2D eigenvalue weighted by Gasteiger charge is 2.16. The van der Waals surface area contributed by atoms with Crippen LogP contribution >= 0.6 is 0 Å². The van der Waals surface area contributed by atoms with Gasteiger partial charge in [0.05, 0.1) is 5.60 Å². The zero-order valence-corrected chi connectivity index (χ0v) is 9.35. The summed E-state index contributed by atoms with van der Waals surface area (Å²) in [6, 6.07) is 0. The van der Waals surface area contributed by atoms with Gasteiger partial charge >= 0.3 is 5.97 Å². The van der Waals surface area contributed by atoms with Crippen LogP contribution in [0.5, 0.6) is 0 Å². The quantitative estimate of drug-likeness (QED) is 0.581. The fourth-order valence-corrected chi connectivity index (χ4v) is 1.23. The van der Waals surface area contributed by atoms with E-state index in [0.717, 1.165) is 11.6 Å². The van der Waals surface area contributed by atoms with Crippen LogP contribution in [0, 0.1) is 0 Å². The van der Waals surface area contributed by atoms with Crippen molar-refractivity contribution in [1.82, 2.24) is 0 Å². The Morgan fingerprint density at radius 3 is 3.06 bits per heavy atom. The first kappa shape index (κ1) is 12.5. The predicted octanol–water partition coefficient (Wildman–Crippen LogP) is 1.91. The number of allylic oxidation sites excluding steroid dienone is 3. The van der Waals surface area contributed by atoms with Gasteiger partial charge in [0.15, 0.2) is 0 Å². The second kappa shape index (κ2) is 5.47. The van der Waals surface area contributed by atoms with E-state index in [0.29, 0.717) is 6.42 Å². The van der Waals surface area contributed by atoms with E-state index < -0.39 is 11.6 Å². The lowest BCUT2D eigenvalue weighted by atomic mass is 9.94. The van der Waals surface area contributed by atoms with Gasteiger partial charge in [-0.05, 0) is 25.0 Å². The Morgan fingerprint density at radius 1 is 1.75 bits per heavy atom. The third-order valence-corrected chi connectivity index (χ3v) is 2.18. The third-order valence-electron chi connectivity index (χ3n) is 2.18. The molecular formula is C13H16O3. The molecule has 86 valence electrons. The molecule has 3 nitrogen and oxygen atoms in total. The van der Waals surface area contributed by atoms with Gasteiger partial charge in [0.25, 0.3) is 0 Å². The maximum absolute atomic E-state index is 10.7. The van der Waals surface area contributed by atoms with Crippen molar-refractivity contribution in [3.8, 4) is 0 Å². The van der Waals surface area contributed by atoms with E-state index in [2.05, 4.69) is 6.58 Å². The highest BCUT2D eigenvalue weighted by Crippen LogP contribution is 2.20. The molecular weight excluding hydrogens is 204 g/mol. The SMILES string of the molecule is C=CC(=O)OC/C=C/C1=CCC(C)(O)C=C1. The standard InChI is InChI=1S/C13H16O3/c1-3-12(14)16-10-4-5-11-6-8-13(2,15)9-7-11/h3-8,15H,1,9-10H2,2H3/b5-4+. The summed E-state index contributed by atoms with van der Waals surface area (Å²) < 4.78 is 4.78. The minimum absolute atomic E-state index is 0.229. The van der Waals surface area contributed by atoms with Crippen molar-refractivity contribution >= 4 is 5.97 Å². The lowest BCUT2D eigenvalue weighted by Gasteiger charge is -2.20. The molecule has 1 N–H and O–H groups in total. The van der Waals surface area contributed by atoms with Gasteiger partial charge in [-0.3, -0.25) is 0 Å². The maximum atomic E-state index is 10.7. The molecule has 16 heavy (non-hydrogen) atoms. The summed E-state index contributed by atoms with van der Waals surface area (Å²) in [6.07, 6.45) is 10.9. The van der Waals surface area contributed by atoms with Crippen molar-refractivity contribution in [2.24, 2.45) is 0 Å². The Balaban J connectivity index is 2.37. The molecule has 1 aliphatic rings. The Bertz CT molecular complexity index is 359. The molecule has 1 rings (SSSR count). The topological polar surface area (TPSA) is 46.5 Å². The van der Waals surface area contributed by atoms with E-state index in [1.54, 1.807) is 19.1 Å². The van der Waals surface area contributed by atoms with E-state index in [1.165, 1.54) is 0 Å². The minimum Gasteiger partial charge on any atom is -0.458 e. The minimum atomic E-state index is -0.743. The smallest absolute Gasteiger partial charge is 0.330 e. The van der Waals surface area contributed by atoms with Gasteiger partial charge in [-0.2, -0.15) is 0 Å². The average Bonchev–Trinajstić information content (AvgIpc) is 2.26. The fraction of sp³-hybridized carbons (Fsp3) is 0.308. The molecule has 0 aromatic heterocycles. The average molecular weight is 220 g/mol. The summed E-state index contributed by atoms with van der Waals surface area (Å²) in [5, 5.41) is 9.63. The molecule has 0 aliphatic heterocycles. The van der Waals surface area contributed by atoms with Crippen molar-refractivity contribution < 1.29 is 14.6 Å². The number of carbonyl (C=O) groups is 1. The summed E-state index contributed by atoms with van der Waals surface area (Å²) >= 11 is 0. The largest absolute Gasteiger partial charge is 0.458 e. The van der Waals surface area contributed by atoms with Crippen molar-refractivity contribution in [3.63, 3.8) is 0 Å². The van der Waals surface area contributed by atoms with Crippen molar-refractivity contribution in [3.05, 3.63) is 48.6 Å². The Labute approximate surface area is 95.4 Å². The van der Waals surface area contributed by atoms with Gasteiger partial charge in [-0.25, -0.2) is 4.79 Å². The molecule has 0 aromatic rings. The molecule has 0 amide bonds. The zero-order chi connectivity index (χ0) is 12.0. The number of carbonyl (C=O) groups excluding carboxylic acids is 1. The summed E-state index contributed by atoms with van der Waals surface area (Å²) in [6.45, 7) is 5.28. The second-order valence-electron chi connectivity index (χ2n) is 3.84. The first-order valence-corrected chi connectivity index (χ1v) is 5.11. The van der Waals surface area contributed by atoms with E-state index in [1.807, 2.05) is 18.2 Å². The highest BCUT2D eigenvalue weighted by molar-refractivity contribution is 5.81. The second-order valence-corrected chi connectivity index (χ2v) is 3.84. The molecule has 1 unspecified atom stereocenters. The first-order valence-electron chi connectivity index (χ1n) is 5.11. The number of ether oxygens (including phenoxy) is 1. The van der Waals surface area contributed by atoms with Gasteiger partial charge in [0.1, 0.15) is 6.61 Å². The maximum Gasteiger partial charge on any atom is 0.330 e. The number of aliphatic hydroxyl groups is 1. The molecule has 0 fully saturated rings. The molecule has 0 saturated heterocycles. The van der Waals surface area contributed by atoms with Gasteiger partial charge in [-0.15, -0.1) is 0 Å². The van der Waals surface area contributed by atoms with Crippen LogP contribution in [0.4, 0.5) is 0 Å².